The summed E-state index contributed by atoms with van der Waals surface area (Å²) in [5, 5.41) is 0. The Balaban J connectivity index is 1.92. The average Bonchev–Trinajstić information content (AvgIpc) is 2.57. The summed E-state index contributed by atoms with van der Waals surface area (Å²) in [4.78, 5) is 28.3. The van der Waals surface area contributed by atoms with Crippen LogP contribution in [0.3, 0.4) is 0 Å². The number of hydrogen-bond acceptors (Lipinski definition) is 4. The zero-order chi connectivity index (χ0) is 16.9. The Morgan fingerprint density at radius 1 is 1.26 bits per heavy atom. The fourth-order valence-electron chi connectivity index (χ4n) is 3.76. The first kappa shape index (κ1) is 18.2. The van der Waals surface area contributed by atoms with E-state index in [2.05, 4.69) is 0 Å². The second kappa shape index (κ2) is 8.11. The lowest BCUT2D eigenvalue weighted by Crippen LogP contribution is -2.54. The highest BCUT2D eigenvalue weighted by Gasteiger charge is 2.42. The van der Waals surface area contributed by atoms with Gasteiger partial charge >= 0.3 is 0 Å². The van der Waals surface area contributed by atoms with Gasteiger partial charge in [-0.1, -0.05) is 6.92 Å². The number of carbonyl (C=O) groups is 2. The third-order valence-electron chi connectivity index (χ3n) is 5.38. The molecule has 23 heavy (non-hydrogen) atoms. The van der Waals surface area contributed by atoms with Crippen molar-refractivity contribution in [2.75, 3.05) is 47.0 Å². The fourth-order valence-corrected chi connectivity index (χ4v) is 3.76. The first-order valence-electron chi connectivity index (χ1n) is 8.63. The van der Waals surface area contributed by atoms with Crippen LogP contribution in [0, 0.1) is 5.41 Å². The fraction of sp³-hybridized carbons (Fsp3) is 0.882. The predicted molar refractivity (Wildman–Crippen MR) is 87.0 cm³/mol. The largest absolute Gasteiger partial charge is 0.383 e. The van der Waals surface area contributed by atoms with Crippen molar-refractivity contribution in [1.29, 1.82) is 0 Å². The molecule has 1 atom stereocenters. The molecule has 6 nitrogen and oxygen atoms in total. The summed E-state index contributed by atoms with van der Waals surface area (Å²) in [7, 11) is 3.26. The van der Waals surface area contributed by atoms with Gasteiger partial charge in [0, 0.05) is 46.8 Å². The first-order chi connectivity index (χ1) is 11.0. The minimum atomic E-state index is -0.324. The normalized spacial score (nSPS) is 22.5. The molecule has 0 aromatic heterocycles. The minimum absolute atomic E-state index is 0.105. The molecule has 0 aromatic rings. The van der Waals surface area contributed by atoms with E-state index in [-0.39, 0.29) is 23.3 Å². The quantitative estimate of drug-likeness (QED) is 0.738. The number of ether oxygens (including phenoxy) is 2. The van der Waals surface area contributed by atoms with Gasteiger partial charge in [-0.05, 0) is 31.1 Å². The van der Waals surface area contributed by atoms with E-state index in [1.807, 2.05) is 16.7 Å². The lowest BCUT2D eigenvalue weighted by Gasteiger charge is -2.47. The van der Waals surface area contributed by atoms with Gasteiger partial charge in [-0.3, -0.25) is 9.59 Å². The molecule has 1 spiro atoms. The molecule has 0 N–H and O–H groups in total. The van der Waals surface area contributed by atoms with Crippen molar-refractivity contribution < 1.29 is 19.1 Å². The zero-order valence-corrected chi connectivity index (χ0v) is 14.7. The predicted octanol–water partition coefficient (Wildman–Crippen LogP) is 1.29. The molecule has 0 unspecified atom stereocenters. The standard InChI is InChI=1S/C17H30N2O4/c1-4-14(23-3)16(21)18-9-7-17(8-10-18)6-5-15(20)19(13-17)11-12-22-2/h14H,4-13H2,1-3H3/t14-/m1/s1. The number of nitrogens with zero attached hydrogens (tertiary/aromatic N) is 2. The number of piperidine rings is 2. The van der Waals surface area contributed by atoms with Crippen molar-refractivity contribution in [3.05, 3.63) is 0 Å². The molecule has 0 radical (unpaired) electrons. The monoisotopic (exact) mass is 326 g/mol. The van der Waals surface area contributed by atoms with Crippen molar-refractivity contribution in [3.8, 4) is 0 Å². The molecule has 132 valence electrons. The highest BCUT2D eigenvalue weighted by molar-refractivity contribution is 5.81. The third-order valence-corrected chi connectivity index (χ3v) is 5.38. The van der Waals surface area contributed by atoms with Crippen LogP contribution in [0.2, 0.25) is 0 Å². The van der Waals surface area contributed by atoms with Crippen LogP contribution in [0.15, 0.2) is 0 Å². The molecule has 0 aromatic carbocycles. The van der Waals surface area contributed by atoms with Crippen LogP contribution in [-0.4, -0.2) is 74.7 Å². The van der Waals surface area contributed by atoms with Gasteiger partial charge in [0.2, 0.25) is 5.91 Å². The molecule has 2 aliphatic heterocycles. The van der Waals surface area contributed by atoms with E-state index >= 15 is 0 Å². The molecule has 0 saturated carbocycles. The van der Waals surface area contributed by atoms with E-state index in [1.165, 1.54) is 0 Å². The summed E-state index contributed by atoms with van der Waals surface area (Å²) < 4.78 is 10.4. The molecule has 2 aliphatic rings. The summed E-state index contributed by atoms with van der Waals surface area (Å²) in [5.74, 6) is 0.338. The topological polar surface area (TPSA) is 59.1 Å². The van der Waals surface area contributed by atoms with Gasteiger partial charge in [-0.25, -0.2) is 0 Å². The Kier molecular flexibility index (Phi) is 6.41. The number of carbonyl (C=O) groups excluding carboxylic acids is 2. The number of hydrogen-bond donors (Lipinski definition) is 0. The van der Waals surface area contributed by atoms with Crippen LogP contribution in [0.5, 0.6) is 0 Å². The minimum Gasteiger partial charge on any atom is -0.383 e. The highest BCUT2D eigenvalue weighted by Crippen LogP contribution is 2.40. The molecule has 2 heterocycles. The Hall–Kier alpha value is -1.14. The summed E-state index contributed by atoms with van der Waals surface area (Å²) in [6, 6.07) is 0. The SMILES string of the molecule is CC[C@@H](OC)C(=O)N1CCC2(CCC(=O)N(CCOC)C2)CC1. The van der Waals surface area contributed by atoms with E-state index in [9.17, 15) is 9.59 Å². The van der Waals surface area contributed by atoms with Crippen LogP contribution >= 0.6 is 0 Å². The summed E-state index contributed by atoms with van der Waals surface area (Å²) in [5.41, 5.74) is 0.174. The van der Waals surface area contributed by atoms with Crippen molar-refractivity contribution in [3.63, 3.8) is 0 Å². The molecular formula is C17H30N2O4. The van der Waals surface area contributed by atoms with E-state index in [1.54, 1.807) is 14.2 Å². The van der Waals surface area contributed by atoms with Gasteiger partial charge in [0.15, 0.2) is 0 Å². The Morgan fingerprint density at radius 3 is 2.52 bits per heavy atom. The van der Waals surface area contributed by atoms with Crippen molar-refractivity contribution in [1.82, 2.24) is 9.80 Å². The van der Waals surface area contributed by atoms with E-state index < -0.39 is 0 Å². The van der Waals surface area contributed by atoms with Gasteiger partial charge in [-0.15, -0.1) is 0 Å². The average molecular weight is 326 g/mol. The number of likely N-dealkylation sites (tertiary alicyclic amines) is 2. The van der Waals surface area contributed by atoms with Crippen LogP contribution in [0.4, 0.5) is 0 Å². The Bertz CT molecular complexity index is 415. The summed E-state index contributed by atoms with van der Waals surface area (Å²) in [6.07, 6.45) is 3.88. The molecule has 2 rings (SSSR count). The molecule has 2 saturated heterocycles. The summed E-state index contributed by atoms with van der Waals surface area (Å²) >= 11 is 0. The van der Waals surface area contributed by atoms with Crippen molar-refractivity contribution >= 4 is 11.8 Å². The van der Waals surface area contributed by atoms with E-state index in [0.717, 1.165) is 38.9 Å². The van der Waals surface area contributed by atoms with Gasteiger partial charge in [-0.2, -0.15) is 0 Å². The number of methoxy groups -OCH3 is 2. The van der Waals surface area contributed by atoms with Crippen LogP contribution in [-0.2, 0) is 19.1 Å². The third kappa shape index (κ3) is 4.23. The highest BCUT2D eigenvalue weighted by atomic mass is 16.5. The molecule has 2 amide bonds. The van der Waals surface area contributed by atoms with E-state index in [0.29, 0.717) is 26.0 Å². The Morgan fingerprint density at radius 2 is 1.96 bits per heavy atom. The second-order valence-electron chi connectivity index (χ2n) is 6.77. The lowest BCUT2D eigenvalue weighted by molar-refractivity contribution is -0.148. The number of rotatable bonds is 6. The molecule has 0 aliphatic carbocycles. The maximum Gasteiger partial charge on any atom is 0.251 e. The molecule has 6 heteroatoms. The Labute approximate surface area is 139 Å². The van der Waals surface area contributed by atoms with Gasteiger partial charge in [0.05, 0.1) is 6.61 Å². The van der Waals surface area contributed by atoms with Gasteiger partial charge in [0.1, 0.15) is 6.10 Å². The second-order valence-corrected chi connectivity index (χ2v) is 6.77. The number of amides is 2. The molecular weight excluding hydrogens is 296 g/mol. The van der Waals surface area contributed by atoms with Crippen LogP contribution in [0.1, 0.15) is 39.0 Å². The summed E-state index contributed by atoms with van der Waals surface area (Å²) in [6.45, 7) is 5.56. The van der Waals surface area contributed by atoms with Gasteiger partial charge < -0.3 is 19.3 Å². The van der Waals surface area contributed by atoms with Crippen LogP contribution < -0.4 is 0 Å². The lowest BCUT2D eigenvalue weighted by atomic mass is 9.72. The van der Waals surface area contributed by atoms with Gasteiger partial charge in [0.25, 0.3) is 5.91 Å². The smallest absolute Gasteiger partial charge is 0.251 e. The van der Waals surface area contributed by atoms with E-state index in [4.69, 9.17) is 9.47 Å². The first-order valence-corrected chi connectivity index (χ1v) is 8.63. The maximum absolute atomic E-state index is 12.4. The molecule has 0 bridgehead atoms. The van der Waals surface area contributed by atoms with Crippen molar-refractivity contribution in [2.45, 2.75) is 45.1 Å². The zero-order valence-electron chi connectivity index (χ0n) is 14.7. The maximum atomic E-state index is 12.4. The molecule has 2 fully saturated rings. The van der Waals surface area contributed by atoms with Crippen molar-refractivity contribution in [2.24, 2.45) is 5.41 Å². The van der Waals surface area contributed by atoms with Crippen LogP contribution in [0.25, 0.3) is 0 Å².